The third-order valence-corrected chi connectivity index (χ3v) is 2.62. The van der Waals surface area contributed by atoms with E-state index in [-0.39, 0.29) is 0 Å². The third kappa shape index (κ3) is 1.31. The molecule has 1 aliphatic carbocycles. The Morgan fingerprint density at radius 3 is 2.83 bits per heavy atom. The van der Waals surface area contributed by atoms with Crippen molar-refractivity contribution in [3.63, 3.8) is 0 Å². The quantitative estimate of drug-likeness (QED) is 0.624. The largest absolute Gasteiger partial charge is 0.226 e. The van der Waals surface area contributed by atoms with Crippen LogP contribution in [0.25, 0.3) is 0 Å². The van der Waals surface area contributed by atoms with E-state index < -0.39 is 0 Å². The van der Waals surface area contributed by atoms with Crippen molar-refractivity contribution in [3.05, 3.63) is 22.7 Å². The molecule has 0 aliphatic heterocycles. The van der Waals surface area contributed by atoms with Gasteiger partial charge in [0.25, 0.3) is 0 Å². The highest BCUT2D eigenvalue weighted by atomic mass is 35.5. The maximum absolute atomic E-state index is 5.71. The van der Waals surface area contributed by atoms with E-state index in [0.29, 0.717) is 11.2 Å². The maximum Gasteiger partial charge on any atom is 0.222 e. The first kappa shape index (κ1) is 7.99. The van der Waals surface area contributed by atoms with Crippen LogP contribution in [0.3, 0.4) is 0 Å². The van der Waals surface area contributed by atoms with Crippen molar-refractivity contribution < 1.29 is 0 Å². The van der Waals surface area contributed by atoms with Crippen LogP contribution in [0, 0.1) is 12.8 Å². The fourth-order valence-corrected chi connectivity index (χ4v) is 1.65. The molecule has 1 aromatic rings. The molecule has 2 rings (SSSR count). The zero-order valence-electron chi connectivity index (χ0n) is 7.21. The first-order chi connectivity index (χ1) is 5.68. The van der Waals surface area contributed by atoms with Crippen LogP contribution < -0.4 is 0 Å². The molecule has 1 saturated carbocycles. The topological polar surface area (TPSA) is 25.8 Å². The van der Waals surface area contributed by atoms with Gasteiger partial charge >= 0.3 is 0 Å². The average molecular weight is 183 g/mol. The van der Waals surface area contributed by atoms with E-state index in [9.17, 15) is 0 Å². The van der Waals surface area contributed by atoms with Crippen molar-refractivity contribution in [1.29, 1.82) is 0 Å². The van der Waals surface area contributed by atoms with Gasteiger partial charge in [0.05, 0.1) is 5.69 Å². The van der Waals surface area contributed by atoms with Gasteiger partial charge in [-0.15, -0.1) is 0 Å². The van der Waals surface area contributed by atoms with Gasteiger partial charge in [0, 0.05) is 12.1 Å². The lowest BCUT2D eigenvalue weighted by Gasteiger charge is -2.01. The molecule has 0 spiro atoms. The summed E-state index contributed by atoms with van der Waals surface area (Å²) >= 11 is 5.71. The summed E-state index contributed by atoms with van der Waals surface area (Å²) in [6.45, 7) is 4.27. The first-order valence-electron chi connectivity index (χ1n) is 4.17. The zero-order valence-corrected chi connectivity index (χ0v) is 7.97. The van der Waals surface area contributed by atoms with Gasteiger partial charge in [0.1, 0.15) is 0 Å². The number of aryl methyl sites for hydroxylation is 1. The van der Waals surface area contributed by atoms with Crippen LogP contribution >= 0.6 is 11.6 Å². The molecular weight excluding hydrogens is 172 g/mol. The van der Waals surface area contributed by atoms with E-state index in [4.69, 9.17) is 11.6 Å². The molecule has 0 saturated heterocycles. The Labute approximate surface area is 77.0 Å². The number of rotatable bonds is 1. The van der Waals surface area contributed by atoms with Crippen LogP contribution in [0.2, 0.25) is 5.28 Å². The van der Waals surface area contributed by atoms with Gasteiger partial charge in [-0.1, -0.05) is 6.92 Å². The molecular formula is C9H11ClN2. The fraction of sp³-hybridized carbons (Fsp3) is 0.556. The Balaban J connectivity index is 2.36. The minimum atomic E-state index is 0.370. The summed E-state index contributed by atoms with van der Waals surface area (Å²) < 4.78 is 0. The zero-order chi connectivity index (χ0) is 8.72. The van der Waals surface area contributed by atoms with E-state index in [1.807, 2.05) is 6.92 Å². The summed E-state index contributed by atoms with van der Waals surface area (Å²) in [6, 6.07) is 0. The van der Waals surface area contributed by atoms with Gasteiger partial charge in [0.15, 0.2) is 0 Å². The van der Waals surface area contributed by atoms with E-state index in [1.165, 1.54) is 6.42 Å². The van der Waals surface area contributed by atoms with Crippen LogP contribution in [-0.2, 0) is 0 Å². The summed E-state index contributed by atoms with van der Waals surface area (Å²) in [5.41, 5.74) is 2.30. The molecule has 3 heteroatoms. The minimum Gasteiger partial charge on any atom is -0.226 e. The monoisotopic (exact) mass is 182 g/mol. The van der Waals surface area contributed by atoms with Crippen molar-refractivity contribution in [2.75, 3.05) is 0 Å². The molecule has 1 heterocycles. The Morgan fingerprint density at radius 1 is 1.58 bits per heavy atom. The third-order valence-electron chi connectivity index (χ3n) is 2.44. The lowest BCUT2D eigenvalue weighted by Crippen LogP contribution is -1.94. The molecule has 0 bridgehead atoms. The van der Waals surface area contributed by atoms with Gasteiger partial charge in [0.2, 0.25) is 5.28 Å². The van der Waals surface area contributed by atoms with E-state index in [2.05, 4.69) is 16.9 Å². The van der Waals surface area contributed by atoms with Crippen molar-refractivity contribution in [2.24, 2.45) is 5.92 Å². The molecule has 1 fully saturated rings. The highest BCUT2D eigenvalue weighted by Crippen LogP contribution is 2.47. The highest BCUT2D eigenvalue weighted by molar-refractivity contribution is 6.28. The summed E-state index contributed by atoms with van der Waals surface area (Å²) in [4.78, 5) is 8.17. The number of hydrogen-bond donors (Lipinski definition) is 0. The molecule has 1 aliphatic rings. The van der Waals surface area contributed by atoms with Crippen LogP contribution in [-0.4, -0.2) is 9.97 Å². The second-order valence-electron chi connectivity index (χ2n) is 3.53. The lowest BCUT2D eigenvalue weighted by atomic mass is 10.1. The predicted octanol–water partition coefficient (Wildman–Crippen LogP) is 2.56. The summed E-state index contributed by atoms with van der Waals surface area (Å²) in [7, 11) is 0. The average Bonchev–Trinajstić information content (AvgIpc) is 2.73. The molecule has 0 N–H and O–H groups in total. The predicted molar refractivity (Wildman–Crippen MR) is 48.3 cm³/mol. The van der Waals surface area contributed by atoms with Crippen molar-refractivity contribution in [3.8, 4) is 0 Å². The molecule has 2 atom stereocenters. The van der Waals surface area contributed by atoms with Crippen LogP contribution in [0.15, 0.2) is 6.20 Å². The molecule has 2 unspecified atom stereocenters. The minimum absolute atomic E-state index is 0.370. The Morgan fingerprint density at radius 2 is 2.25 bits per heavy atom. The normalized spacial score (nSPS) is 27.2. The van der Waals surface area contributed by atoms with Gasteiger partial charge in [-0.3, -0.25) is 0 Å². The summed E-state index contributed by atoms with van der Waals surface area (Å²) in [6.07, 6.45) is 3.05. The van der Waals surface area contributed by atoms with Crippen LogP contribution in [0.4, 0.5) is 0 Å². The SMILES string of the molecule is Cc1cnc(Cl)nc1C1CC1C. The van der Waals surface area contributed by atoms with Crippen molar-refractivity contribution in [2.45, 2.75) is 26.2 Å². The van der Waals surface area contributed by atoms with E-state index in [1.54, 1.807) is 6.20 Å². The van der Waals surface area contributed by atoms with Gasteiger partial charge in [-0.25, -0.2) is 9.97 Å². The Hall–Kier alpha value is -0.630. The van der Waals surface area contributed by atoms with Crippen molar-refractivity contribution in [1.82, 2.24) is 9.97 Å². The van der Waals surface area contributed by atoms with E-state index in [0.717, 1.165) is 17.2 Å². The molecule has 64 valence electrons. The molecule has 0 amide bonds. The van der Waals surface area contributed by atoms with Gasteiger partial charge in [-0.05, 0) is 36.4 Å². The van der Waals surface area contributed by atoms with Crippen LogP contribution in [0.1, 0.15) is 30.5 Å². The molecule has 0 radical (unpaired) electrons. The number of aromatic nitrogens is 2. The molecule has 12 heavy (non-hydrogen) atoms. The van der Waals surface area contributed by atoms with Gasteiger partial charge < -0.3 is 0 Å². The van der Waals surface area contributed by atoms with E-state index >= 15 is 0 Å². The fourth-order valence-electron chi connectivity index (χ4n) is 1.51. The second kappa shape index (κ2) is 2.70. The van der Waals surface area contributed by atoms with Crippen molar-refractivity contribution >= 4 is 11.6 Å². The Kier molecular flexibility index (Phi) is 1.80. The maximum atomic E-state index is 5.71. The molecule has 0 aromatic carbocycles. The first-order valence-corrected chi connectivity index (χ1v) is 4.55. The van der Waals surface area contributed by atoms with Crippen LogP contribution in [0.5, 0.6) is 0 Å². The lowest BCUT2D eigenvalue weighted by molar-refractivity contribution is 0.865. The second-order valence-corrected chi connectivity index (χ2v) is 3.86. The number of halogens is 1. The molecule has 1 aromatic heterocycles. The standard InChI is InChI=1S/C9H11ClN2/c1-5-3-7(5)8-6(2)4-11-9(10)12-8/h4-5,7H,3H2,1-2H3. The highest BCUT2D eigenvalue weighted by Gasteiger charge is 2.36. The summed E-state index contributed by atoms with van der Waals surface area (Å²) in [5.74, 6) is 1.40. The summed E-state index contributed by atoms with van der Waals surface area (Å²) in [5, 5.41) is 0.370. The smallest absolute Gasteiger partial charge is 0.222 e. The number of hydrogen-bond acceptors (Lipinski definition) is 2. The Bertz CT molecular complexity index is 311. The molecule has 2 nitrogen and oxygen atoms in total. The van der Waals surface area contributed by atoms with Gasteiger partial charge in [-0.2, -0.15) is 0 Å². The number of nitrogens with zero attached hydrogens (tertiary/aromatic N) is 2.